The molecule has 0 heterocycles. The van der Waals surface area contributed by atoms with E-state index in [4.69, 9.17) is 10.3 Å². The van der Waals surface area contributed by atoms with Crippen molar-refractivity contribution in [3.05, 3.63) is 34.4 Å². The highest BCUT2D eigenvalue weighted by Crippen LogP contribution is 2.24. The van der Waals surface area contributed by atoms with E-state index in [0.717, 1.165) is 5.48 Å². The van der Waals surface area contributed by atoms with Gasteiger partial charge in [0.25, 0.3) is 5.91 Å². The van der Waals surface area contributed by atoms with E-state index in [1.54, 1.807) is 0 Å². The number of nitrogens with one attached hydrogen (secondary N) is 1. The summed E-state index contributed by atoms with van der Waals surface area (Å²) in [6.07, 6.45) is 0. The Bertz CT molecular complexity index is 488. The first-order valence-electron chi connectivity index (χ1n) is 3.86. The van der Waals surface area contributed by atoms with E-state index in [-0.39, 0.29) is 0 Å². The number of hydroxylamine groups is 1. The van der Waals surface area contributed by atoms with Crippen LogP contribution in [-0.2, 0) is 0 Å². The Balaban J connectivity index is 3.70. The van der Waals surface area contributed by atoms with Crippen LogP contribution < -0.4 is 5.48 Å². The first-order valence-corrected chi connectivity index (χ1v) is 3.86. The summed E-state index contributed by atoms with van der Waals surface area (Å²) in [6.45, 7) is 0. The second kappa shape index (κ2) is 4.37. The largest absolute Gasteiger partial charge is 0.477 e. The number of carbonyl (C=O) groups is 2. The van der Waals surface area contributed by atoms with Crippen LogP contribution >= 0.6 is 0 Å². The molecular formula is C8H3F4NO4. The van der Waals surface area contributed by atoms with Gasteiger partial charge in [-0.25, -0.2) is 27.8 Å². The fourth-order valence-electron chi connectivity index (χ4n) is 1.07. The zero-order valence-electron chi connectivity index (χ0n) is 7.72. The summed E-state index contributed by atoms with van der Waals surface area (Å²) >= 11 is 0. The molecule has 5 nitrogen and oxygen atoms in total. The number of carboxylic acid groups (broad SMARTS) is 1. The van der Waals surface area contributed by atoms with E-state index in [0.29, 0.717) is 0 Å². The fourth-order valence-corrected chi connectivity index (χ4v) is 1.07. The maximum absolute atomic E-state index is 13.1. The third-order valence-electron chi connectivity index (χ3n) is 1.81. The summed E-state index contributed by atoms with van der Waals surface area (Å²) in [5.74, 6) is -13.0. The lowest BCUT2D eigenvalue weighted by Gasteiger charge is -2.07. The number of rotatable bonds is 2. The lowest BCUT2D eigenvalue weighted by atomic mass is 10.1. The van der Waals surface area contributed by atoms with Crippen LogP contribution in [0.5, 0.6) is 0 Å². The molecule has 17 heavy (non-hydrogen) atoms. The average Bonchev–Trinajstić information content (AvgIpc) is 2.26. The molecule has 0 saturated heterocycles. The van der Waals surface area contributed by atoms with Crippen LogP contribution in [0.1, 0.15) is 20.7 Å². The number of aromatic carboxylic acids is 1. The standard InChI is InChI=1S/C8H3F4NO4/c9-3-1(7(14)13-17)4(10)6(12)2(5(3)11)8(15)16/h17H,(H,13,14)(H,15,16). The lowest BCUT2D eigenvalue weighted by molar-refractivity contribution is 0.0668. The van der Waals surface area contributed by atoms with Gasteiger partial charge in [-0.2, -0.15) is 0 Å². The van der Waals surface area contributed by atoms with Crippen LogP contribution in [0.2, 0.25) is 0 Å². The van der Waals surface area contributed by atoms with Crippen molar-refractivity contribution in [3.63, 3.8) is 0 Å². The molecule has 92 valence electrons. The van der Waals surface area contributed by atoms with Crippen LogP contribution in [0.4, 0.5) is 17.6 Å². The topological polar surface area (TPSA) is 86.6 Å². The molecule has 1 aromatic carbocycles. The first kappa shape index (κ1) is 12.9. The van der Waals surface area contributed by atoms with Gasteiger partial charge in [0.15, 0.2) is 23.3 Å². The molecule has 0 saturated carbocycles. The van der Waals surface area contributed by atoms with Gasteiger partial charge in [0, 0.05) is 0 Å². The van der Waals surface area contributed by atoms with E-state index in [1.807, 2.05) is 0 Å². The average molecular weight is 253 g/mol. The summed E-state index contributed by atoms with van der Waals surface area (Å²) in [6, 6.07) is 0. The Morgan fingerprint density at radius 3 is 1.53 bits per heavy atom. The predicted molar refractivity (Wildman–Crippen MR) is 42.5 cm³/mol. The van der Waals surface area contributed by atoms with Crippen LogP contribution in [-0.4, -0.2) is 22.2 Å². The summed E-state index contributed by atoms with van der Waals surface area (Å²) < 4.78 is 52.2. The van der Waals surface area contributed by atoms with Crippen molar-refractivity contribution >= 4 is 11.9 Å². The minimum absolute atomic E-state index is 0.766. The Morgan fingerprint density at radius 1 is 0.882 bits per heavy atom. The molecule has 9 heteroatoms. The Labute approximate surface area is 90.2 Å². The molecule has 1 aromatic rings. The molecule has 0 fully saturated rings. The van der Waals surface area contributed by atoms with Crippen LogP contribution in [0.25, 0.3) is 0 Å². The second-order valence-corrected chi connectivity index (χ2v) is 2.75. The molecule has 0 bridgehead atoms. The summed E-state index contributed by atoms with van der Waals surface area (Å²) in [5, 5.41) is 16.4. The smallest absolute Gasteiger partial charge is 0.341 e. The number of carbonyl (C=O) groups excluding carboxylic acids is 1. The first-order chi connectivity index (χ1) is 7.82. The summed E-state index contributed by atoms with van der Waals surface area (Å²) in [5.41, 5.74) is -2.86. The van der Waals surface area contributed by atoms with Crippen molar-refractivity contribution < 1.29 is 37.5 Å². The highest BCUT2D eigenvalue weighted by atomic mass is 19.2. The molecule has 0 atom stereocenters. The SMILES string of the molecule is O=C(O)c1c(F)c(F)c(C(=O)NO)c(F)c1F. The molecule has 0 spiro atoms. The zero-order valence-corrected chi connectivity index (χ0v) is 7.72. The van der Waals surface area contributed by atoms with Crippen molar-refractivity contribution in [1.29, 1.82) is 0 Å². The molecule has 0 aliphatic rings. The number of halogens is 4. The third kappa shape index (κ3) is 1.91. The van der Waals surface area contributed by atoms with Gasteiger partial charge < -0.3 is 5.11 Å². The van der Waals surface area contributed by atoms with E-state index in [2.05, 4.69) is 0 Å². The Morgan fingerprint density at radius 2 is 1.24 bits per heavy atom. The number of amides is 1. The van der Waals surface area contributed by atoms with Crippen LogP contribution in [0.3, 0.4) is 0 Å². The van der Waals surface area contributed by atoms with Gasteiger partial charge in [0.2, 0.25) is 0 Å². The van der Waals surface area contributed by atoms with Crippen molar-refractivity contribution in [2.75, 3.05) is 0 Å². The highest BCUT2D eigenvalue weighted by Gasteiger charge is 2.32. The molecule has 0 aliphatic heterocycles. The molecule has 0 unspecified atom stereocenters. The molecule has 1 amide bonds. The van der Waals surface area contributed by atoms with E-state index in [9.17, 15) is 27.2 Å². The predicted octanol–water partition coefficient (Wildman–Crippen LogP) is 1.06. The molecular weight excluding hydrogens is 250 g/mol. The van der Waals surface area contributed by atoms with Gasteiger partial charge in [0.05, 0.1) is 0 Å². The number of carboxylic acids is 1. The Kier molecular flexibility index (Phi) is 3.32. The quantitative estimate of drug-likeness (QED) is 0.318. The summed E-state index contributed by atoms with van der Waals surface area (Å²) in [4.78, 5) is 21.1. The monoisotopic (exact) mass is 253 g/mol. The normalized spacial score (nSPS) is 10.2. The number of benzene rings is 1. The summed E-state index contributed by atoms with van der Waals surface area (Å²) in [7, 11) is 0. The van der Waals surface area contributed by atoms with Gasteiger partial charge in [-0.3, -0.25) is 10.0 Å². The molecule has 3 N–H and O–H groups in total. The van der Waals surface area contributed by atoms with E-state index >= 15 is 0 Å². The van der Waals surface area contributed by atoms with Gasteiger partial charge in [0.1, 0.15) is 11.1 Å². The van der Waals surface area contributed by atoms with Crippen LogP contribution in [0, 0.1) is 23.3 Å². The second-order valence-electron chi connectivity index (χ2n) is 2.75. The van der Waals surface area contributed by atoms with Crippen molar-refractivity contribution in [1.82, 2.24) is 5.48 Å². The van der Waals surface area contributed by atoms with Gasteiger partial charge in [-0.05, 0) is 0 Å². The molecule has 1 rings (SSSR count). The molecule has 0 radical (unpaired) electrons. The molecule has 0 aliphatic carbocycles. The van der Waals surface area contributed by atoms with E-state index < -0.39 is 46.3 Å². The zero-order chi connectivity index (χ0) is 13.3. The third-order valence-corrected chi connectivity index (χ3v) is 1.81. The minimum Gasteiger partial charge on any atom is -0.477 e. The van der Waals surface area contributed by atoms with Crippen molar-refractivity contribution in [2.45, 2.75) is 0 Å². The fraction of sp³-hybridized carbons (Fsp3) is 0. The van der Waals surface area contributed by atoms with Gasteiger partial charge in [-0.15, -0.1) is 0 Å². The number of hydrogen-bond donors (Lipinski definition) is 3. The highest BCUT2D eigenvalue weighted by molar-refractivity contribution is 5.96. The van der Waals surface area contributed by atoms with Crippen LogP contribution in [0.15, 0.2) is 0 Å². The van der Waals surface area contributed by atoms with Gasteiger partial charge in [-0.1, -0.05) is 0 Å². The van der Waals surface area contributed by atoms with Gasteiger partial charge >= 0.3 is 5.97 Å². The van der Waals surface area contributed by atoms with E-state index in [1.165, 1.54) is 0 Å². The molecule has 0 aromatic heterocycles. The minimum atomic E-state index is -2.24. The maximum atomic E-state index is 13.1. The number of hydrogen-bond acceptors (Lipinski definition) is 3. The van der Waals surface area contributed by atoms with Crippen molar-refractivity contribution in [2.24, 2.45) is 0 Å². The lowest BCUT2D eigenvalue weighted by Crippen LogP contribution is -2.24. The maximum Gasteiger partial charge on any atom is 0.341 e. The van der Waals surface area contributed by atoms with Crippen molar-refractivity contribution in [3.8, 4) is 0 Å². The Hall–Kier alpha value is -2.16.